The molecule has 2 rings (SSSR count). The van der Waals surface area contributed by atoms with E-state index in [0.717, 1.165) is 19.6 Å². The lowest BCUT2D eigenvalue weighted by atomic mass is 9.66. The Hall–Kier alpha value is -1.40. The van der Waals surface area contributed by atoms with Crippen molar-refractivity contribution in [1.82, 2.24) is 10.2 Å². The van der Waals surface area contributed by atoms with E-state index in [-0.39, 0.29) is 0 Å². The van der Waals surface area contributed by atoms with Crippen molar-refractivity contribution in [3.05, 3.63) is 12.7 Å². The van der Waals surface area contributed by atoms with Crippen molar-refractivity contribution in [2.24, 2.45) is 16.7 Å². The van der Waals surface area contributed by atoms with Gasteiger partial charge in [-0.05, 0) is 39.0 Å². The van der Waals surface area contributed by atoms with Crippen LogP contribution in [0.1, 0.15) is 47.5 Å². The molecular formula is C19H34N2O4. The normalized spacial score (nSPS) is 34.7. The number of piperazine rings is 1. The van der Waals surface area contributed by atoms with E-state index in [1.807, 2.05) is 6.08 Å². The summed E-state index contributed by atoms with van der Waals surface area (Å²) < 4.78 is 0. The fraction of sp³-hybridized carbons (Fsp3) is 0.789. The van der Waals surface area contributed by atoms with E-state index in [9.17, 15) is 9.59 Å². The average Bonchev–Trinajstić information content (AvgIpc) is 2.75. The molecule has 2 aliphatic rings. The fourth-order valence-corrected chi connectivity index (χ4v) is 3.83. The molecule has 144 valence electrons. The van der Waals surface area contributed by atoms with E-state index >= 15 is 0 Å². The van der Waals surface area contributed by atoms with Crippen LogP contribution in [0.5, 0.6) is 0 Å². The van der Waals surface area contributed by atoms with Crippen molar-refractivity contribution in [1.29, 1.82) is 0 Å². The summed E-state index contributed by atoms with van der Waals surface area (Å²) in [5, 5.41) is 21.5. The molecule has 6 nitrogen and oxygen atoms in total. The number of aliphatic carboxylic acids is 2. The molecule has 1 aliphatic carbocycles. The summed E-state index contributed by atoms with van der Waals surface area (Å²) >= 11 is 0. The molecule has 0 amide bonds. The Bertz CT molecular complexity index is 506. The van der Waals surface area contributed by atoms with Gasteiger partial charge in [-0.25, -0.2) is 0 Å². The Morgan fingerprint density at radius 2 is 1.88 bits per heavy atom. The van der Waals surface area contributed by atoms with E-state index < -0.39 is 28.7 Å². The van der Waals surface area contributed by atoms with Crippen LogP contribution in [0.2, 0.25) is 0 Å². The summed E-state index contributed by atoms with van der Waals surface area (Å²) in [6.07, 6.45) is 2.87. The molecule has 2 fully saturated rings. The van der Waals surface area contributed by atoms with E-state index in [4.69, 9.17) is 10.2 Å². The molecule has 1 saturated carbocycles. The molecule has 1 aliphatic heterocycles. The van der Waals surface area contributed by atoms with Gasteiger partial charge in [-0.2, -0.15) is 0 Å². The highest BCUT2D eigenvalue weighted by molar-refractivity contribution is 5.80. The number of nitrogens with one attached hydrogen (secondary N) is 1. The van der Waals surface area contributed by atoms with Gasteiger partial charge >= 0.3 is 11.9 Å². The van der Waals surface area contributed by atoms with E-state index in [2.05, 4.69) is 30.6 Å². The fourth-order valence-electron chi connectivity index (χ4n) is 3.83. The van der Waals surface area contributed by atoms with Crippen LogP contribution in [0.25, 0.3) is 0 Å². The van der Waals surface area contributed by atoms with Gasteiger partial charge < -0.3 is 15.5 Å². The van der Waals surface area contributed by atoms with Crippen molar-refractivity contribution < 1.29 is 19.8 Å². The van der Waals surface area contributed by atoms with Gasteiger partial charge in [0, 0.05) is 31.7 Å². The average molecular weight is 354 g/mol. The second-order valence-corrected chi connectivity index (χ2v) is 8.19. The molecule has 0 aromatic carbocycles. The Morgan fingerprint density at radius 1 is 1.28 bits per heavy atom. The highest BCUT2D eigenvalue weighted by Gasteiger charge is 2.58. The number of rotatable bonds is 4. The van der Waals surface area contributed by atoms with Gasteiger partial charge in [-0.3, -0.25) is 14.5 Å². The van der Waals surface area contributed by atoms with E-state index in [1.165, 1.54) is 0 Å². The maximum absolute atomic E-state index is 11.1. The van der Waals surface area contributed by atoms with Crippen LogP contribution < -0.4 is 5.32 Å². The summed E-state index contributed by atoms with van der Waals surface area (Å²) in [5.74, 6) is -2.34. The SMILES string of the molecule is C=CCN1CC(C)NCC1C.CC1(C(=O)O)CCC(C(=O)O)C1(C)C. The lowest BCUT2D eigenvalue weighted by molar-refractivity contribution is -0.157. The Labute approximate surface area is 151 Å². The summed E-state index contributed by atoms with van der Waals surface area (Å²) in [4.78, 5) is 24.5. The Kier molecular flexibility index (Phi) is 7.20. The van der Waals surface area contributed by atoms with Crippen LogP contribution in [0, 0.1) is 16.7 Å². The highest BCUT2D eigenvalue weighted by atomic mass is 16.4. The first-order chi connectivity index (χ1) is 11.5. The van der Waals surface area contributed by atoms with Crippen LogP contribution in [0.4, 0.5) is 0 Å². The molecule has 0 bridgehead atoms. The Balaban J connectivity index is 0.000000257. The first-order valence-corrected chi connectivity index (χ1v) is 9.02. The van der Waals surface area contributed by atoms with Crippen LogP contribution in [0.15, 0.2) is 12.7 Å². The largest absolute Gasteiger partial charge is 0.481 e. The predicted molar refractivity (Wildman–Crippen MR) is 98.6 cm³/mol. The topological polar surface area (TPSA) is 89.9 Å². The van der Waals surface area contributed by atoms with Gasteiger partial charge in [-0.1, -0.05) is 19.9 Å². The first kappa shape index (κ1) is 21.6. The molecule has 6 heteroatoms. The number of carboxylic acids is 2. The van der Waals surface area contributed by atoms with E-state index in [1.54, 1.807) is 20.8 Å². The molecule has 0 spiro atoms. The minimum absolute atomic E-state index is 0.437. The molecule has 3 N–H and O–H groups in total. The van der Waals surface area contributed by atoms with Crippen molar-refractivity contribution in [3.63, 3.8) is 0 Å². The molecular weight excluding hydrogens is 320 g/mol. The molecule has 0 radical (unpaired) electrons. The molecule has 1 saturated heterocycles. The molecule has 0 aromatic heterocycles. The maximum atomic E-state index is 11.1. The first-order valence-electron chi connectivity index (χ1n) is 9.02. The second kappa shape index (κ2) is 8.32. The lowest BCUT2D eigenvalue weighted by Gasteiger charge is -2.36. The van der Waals surface area contributed by atoms with Gasteiger partial charge in [0.25, 0.3) is 0 Å². The zero-order valence-electron chi connectivity index (χ0n) is 16.2. The quantitative estimate of drug-likeness (QED) is 0.672. The van der Waals surface area contributed by atoms with Crippen LogP contribution in [-0.2, 0) is 9.59 Å². The van der Waals surface area contributed by atoms with Crippen molar-refractivity contribution >= 4 is 11.9 Å². The van der Waals surface area contributed by atoms with Gasteiger partial charge in [0.2, 0.25) is 0 Å². The lowest BCUT2D eigenvalue weighted by Crippen LogP contribution is -2.54. The number of hydrogen-bond donors (Lipinski definition) is 3. The molecule has 25 heavy (non-hydrogen) atoms. The van der Waals surface area contributed by atoms with Crippen molar-refractivity contribution in [2.45, 2.75) is 59.5 Å². The number of carboxylic acid groups (broad SMARTS) is 2. The van der Waals surface area contributed by atoms with Gasteiger partial charge in [-0.15, -0.1) is 6.58 Å². The molecule has 0 aromatic rings. The zero-order chi connectivity index (χ0) is 19.4. The molecule has 4 atom stereocenters. The van der Waals surface area contributed by atoms with Crippen LogP contribution in [-0.4, -0.2) is 58.8 Å². The molecule has 1 heterocycles. The smallest absolute Gasteiger partial charge is 0.309 e. The minimum atomic E-state index is -0.921. The number of hydrogen-bond acceptors (Lipinski definition) is 4. The predicted octanol–water partition coefficient (Wildman–Crippen LogP) is 2.45. The third-order valence-corrected chi connectivity index (χ3v) is 6.25. The van der Waals surface area contributed by atoms with Gasteiger partial charge in [0.1, 0.15) is 0 Å². The second-order valence-electron chi connectivity index (χ2n) is 8.19. The monoisotopic (exact) mass is 354 g/mol. The third-order valence-electron chi connectivity index (χ3n) is 6.25. The number of carbonyl (C=O) groups is 2. The summed E-state index contributed by atoms with van der Waals surface area (Å²) in [6.45, 7) is 16.6. The van der Waals surface area contributed by atoms with Crippen LogP contribution in [0.3, 0.4) is 0 Å². The van der Waals surface area contributed by atoms with Crippen LogP contribution >= 0.6 is 0 Å². The Morgan fingerprint density at radius 3 is 2.28 bits per heavy atom. The molecule has 4 unspecified atom stereocenters. The number of nitrogens with zero attached hydrogens (tertiary/aromatic N) is 1. The highest BCUT2D eigenvalue weighted by Crippen LogP contribution is 2.56. The summed E-state index contributed by atoms with van der Waals surface area (Å²) in [7, 11) is 0. The summed E-state index contributed by atoms with van der Waals surface area (Å²) in [6, 6.07) is 1.29. The van der Waals surface area contributed by atoms with Gasteiger partial charge in [0.15, 0.2) is 0 Å². The maximum Gasteiger partial charge on any atom is 0.309 e. The van der Waals surface area contributed by atoms with Crippen molar-refractivity contribution in [3.8, 4) is 0 Å². The zero-order valence-corrected chi connectivity index (χ0v) is 16.2. The standard InChI is InChI=1S/C10H16O4.C9H18N2/c1-9(2)6(7(11)12)4-5-10(9,3)8(13)14;1-4-5-11-7-8(2)10-6-9(11)3/h6H,4-5H2,1-3H3,(H,11,12)(H,13,14);4,8-10H,1,5-7H2,2-3H3. The van der Waals surface area contributed by atoms with Crippen molar-refractivity contribution in [2.75, 3.05) is 19.6 Å². The minimum Gasteiger partial charge on any atom is -0.481 e. The van der Waals surface area contributed by atoms with Gasteiger partial charge in [0.05, 0.1) is 11.3 Å². The summed E-state index contributed by atoms with van der Waals surface area (Å²) in [5.41, 5.74) is -1.61. The third kappa shape index (κ3) is 4.61. The van der Waals surface area contributed by atoms with E-state index in [0.29, 0.717) is 24.9 Å².